The first-order valence-electron chi connectivity index (χ1n) is 13.7. The van der Waals surface area contributed by atoms with Crippen LogP contribution in [-0.2, 0) is 18.5 Å². The van der Waals surface area contributed by atoms with E-state index in [2.05, 4.69) is 64.4 Å². The van der Waals surface area contributed by atoms with E-state index in [0.29, 0.717) is 29.2 Å². The molecule has 1 aliphatic rings. The number of methoxy groups -OCH3 is 1. The number of anilines is 1. The Labute approximate surface area is 242 Å². The molecule has 4 rings (SSSR count). The SMILES string of the molecule is [C-]#[N+]CCOP(OC[C@H]1O[C@@H](n2cnc3c(NC(=O)c4ccccc4)ncnc32)[C@H](OC)[C@@H]1C)N(C(C)C)C(C)C. The van der Waals surface area contributed by atoms with E-state index in [1.54, 1.807) is 37.7 Å². The highest BCUT2D eigenvalue weighted by Crippen LogP contribution is 2.47. The molecule has 0 aliphatic carbocycles. The highest BCUT2D eigenvalue weighted by Gasteiger charge is 2.45. The van der Waals surface area contributed by atoms with Crippen LogP contribution in [0.2, 0.25) is 0 Å². The highest BCUT2D eigenvalue weighted by atomic mass is 31.2. The highest BCUT2D eigenvalue weighted by molar-refractivity contribution is 7.44. The Morgan fingerprint density at radius 2 is 1.90 bits per heavy atom. The molecular weight excluding hydrogens is 545 g/mol. The summed E-state index contributed by atoms with van der Waals surface area (Å²) in [5, 5.41) is 2.84. The fraction of sp³-hybridized carbons (Fsp3) is 0.536. The van der Waals surface area contributed by atoms with Crippen LogP contribution in [0.25, 0.3) is 16.0 Å². The zero-order chi connectivity index (χ0) is 29.5. The standard InChI is InChI=1S/C28H38N7O5P/c1-18(2)35(19(3)4)41(38-14-13-29-6)39-15-22-20(5)24(37-7)28(40-22)34-17-32-23-25(30-16-31-26(23)34)33-27(36)21-11-9-8-10-12-21/h8-12,16-20,22,24,28H,13-15H2,1-5,7H3,(H,30,31,33,36)/t20-,22-,24-,28-,41?/m1/s1. The van der Waals surface area contributed by atoms with Crippen LogP contribution < -0.4 is 5.32 Å². The van der Waals surface area contributed by atoms with Crippen molar-refractivity contribution in [1.82, 2.24) is 24.2 Å². The van der Waals surface area contributed by atoms with Crippen LogP contribution in [0.1, 0.15) is 51.2 Å². The number of rotatable bonds is 13. The maximum atomic E-state index is 12.8. The lowest BCUT2D eigenvalue weighted by atomic mass is 10.0. The van der Waals surface area contributed by atoms with Crippen LogP contribution in [0.3, 0.4) is 0 Å². The van der Waals surface area contributed by atoms with Gasteiger partial charge in [-0.05, 0) is 39.8 Å². The lowest BCUT2D eigenvalue weighted by Gasteiger charge is -2.36. The summed E-state index contributed by atoms with van der Waals surface area (Å²) in [6.45, 7) is 18.4. The maximum Gasteiger partial charge on any atom is 0.259 e. The van der Waals surface area contributed by atoms with Crippen LogP contribution >= 0.6 is 8.53 Å². The molecule has 1 fully saturated rings. The van der Waals surface area contributed by atoms with Gasteiger partial charge in [0.2, 0.25) is 6.54 Å². The van der Waals surface area contributed by atoms with Gasteiger partial charge < -0.3 is 28.7 Å². The number of hydrogen-bond donors (Lipinski definition) is 1. The van der Waals surface area contributed by atoms with Gasteiger partial charge in [0.1, 0.15) is 19.0 Å². The van der Waals surface area contributed by atoms with E-state index in [1.807, 2.05) is 10.6 Å². The number of aromatic nitrogens is 4. The number of fused-ring (bicyclic) bond motifs is 1. The Kier molecular flexibility index (Phi) is 10.7. The molecule has 0 saturated carbocycles. The summed E-state index contributed by atoms with van der Waals surface area (Å²) in [6, 6.07) is 9.31. The molecule has 5 atom stereocenters. The minimum absolute atomic E-state index is 0.0202. The minimum atomic E-state index is -1.40. The number of amides is 1. The summed E-state index contributed by atoms with van der Waals surface area (Å²) in [7, 11) is 0.254. The van der Waals surface area contributed by atoms with E-state index in [-0.39, 0.29) is 49.3 Å². The summed E-state index contributed by atoms with van der Waals surface area (Å²) in [5.74, 6) is 0.00479. The predicted molar refractivity (Wildman–Crippen MR) is 156 cm³/mol. The molecule has 1 aliphatic heterocycles. The Morgan fingerprint density at radius 3 is 2.56 bits per heavy atom. The molecule has 2 aromatic heterocycles. The molecule has 1 unspecified atom stereocenters. The third kappa shape index (κ3) is 7.07. The molecular formula is C28H38N7O5P. The van der Waals surface area contributed by atoms with E-state index in [9.17, 15) is 4.79 Å². The molecule has 3 heterocycles. The number of imidazole rings is 1. The van der Waals surface area contributed by atoms with Crippen LogP contribution in [0, 0.1) is 12.5 Å². The first-order chi connectivity index (χ1) is 19.8. The molecule has 1 saturated heterocycles. The van der Waals surface area contributed by atoms with Crippen LogP contribution in [-0.4, -0.2) is 81.3 Å². The summed E-state index contributed by atoms with van der Waals surface area (Å²) in [4.78, 5) is 29.4. The van der Waals surface area contributed by atoms with Crippen molar-refractivity contribution in [2.45, 2.75) is 65.1 Å². The fourth-order valence-electron chi connectivity index (χ4n) is 4.94. The van der Waals surface area contributed by atoms with Gasteiger partial charge in [-0.1, -0.05) is 25.1 Å². The first kappa shape index (κ1) is 30.9. The molecule has 13 heteroatoms. The second-order valence-electron chi connectivity index (χ2n) is 10.3. The zero-order valence-corrected chi connectivity index (χ0v) is 25.2. The largest absolute Gasteiger partial charge is 0.376 e. The molecule has 220 valence electrons. The van der Waals surface area contributed by atoms with Crippen molar-refractivity contribution in [2.75, 3.05) is 32.2 Å². The Bertz CT molecular complexity index is 1320. The topological polar surface area (TPSA) is 117 Å². The summed E-state index contributed by atoms with van der Waals surface area (Å²) in [5.41, 5.74) is 1.48. The van der Waals surface area contributed by atoms with Crippen molar-refractivity contribution in [3.63, 3.8) is 0 Å². The molecule has 1 aromatic carbocycles. The van der Waals surface area contributed by atoms with E-state index < -0.39 is 14.8 Å². The average Bonchev–Trinajstić information content (AvgIpc) is 3.52. The normalized spacial score (nSPS) is 21.6. The van der Waals surface area contributed by atoms with E-state index >= 15 is 0 Å². The summed E-state index contributed by atoms with van der Waals surface area (Å²) >= 11 is 0. The maximum absolute atomic E-state index is 12.8. The summed E-state index contributed by atoms with van der Waals surface area (Å²) < 4.78 is 28.8. The van der Waals surface area contributed by atoms with Gasteiger partial charge in [0.25, 0.3) is 14.4 Å². The van der Waals surface area contributed by atoms with Gasteiger partial charge in [-0.2, -0.15) is 0 Å². The molecule has 0 bridgehead atoms. The number of nitrogens with one attached hydrogen (secondary N) is 1. The number of carbonyl (C=O) groups excluding carboxylic acids is 1. The molecule has 0 radical (unpaired) electrons. The number of hydrogen-bond acceptors (Lipinski definition) is 9. The lowest BCUT2D eigenvalue weighted by Crippen LogP contribution is -2.35. The number of nitrogens with zero attached hydrogens (tertiary/aromatic N) is 6. The van der Waals surface area contributed by atoms with E-state index in [0.717, 1.165) is 0 Å². The molecule has 0 spiro atoms. The van der Waals surface area contributed by atoms with Crippen LogP contribution in [0.4, 0.5) is 5.82 Å². The molecule has 1 amide bonds. The van der Waals surface area contributed by atoms with Gasteiger partial charge in [-0.25, -0.2) is 26.2 Å². The first-order valence-corrected chi connectivity index (χ1v) is 14.8. The van der Waals surface area contributed by atoms with Gasteiger partial charge >= 0.3 is 0 Å². The monoisotopic (exact) mass is 583 g/mol. The van der Waals surface area contributed by atoms with Crippen LogP contribution in [0.15, 0.2) is 43.0 Å². The zero-order valence-electron chi connectivity index (χ0n) is 24.3. The van der Waals surface area contributed by atoms with Gasteiger partial charge in [-0.15, -0.1) is 0 Å². The van der Waals surface area contributed by atoms with Crippen molar-refractivity contribution < 1.29 is 23.3 Å². The van der Waals surface area contributed by atoms with Crippen molar-refractivity contribution in [3.8, 4) is 0 Å². The molecule has 41 heavy (non-hydrogen) atoms. The predicted octanol–water partition coefficient (Wildman–Crippen LogP) is 4.93. The third-order valence-electron chi connectivity index (χ3n) is 6.87. The second-order valence-corrected chi connectivity index (χ2v) is 11.8. The Hall–Kier alpha value is -3.04. The lowest BCUT2D eigenvalue weighted by molar-refractivity contribution is -0.0569. The van der Waals surface area contributed by atoms with E-state index in [4.69, 9.17) is 25.1 Å². The quantitative estimate of drug-likeness (QED) is 0.170. The molecule has 1 N–H and O–H groups in total. The summed E-state index contributed by atoms with van der Waals surface area (Å²) in [6.07, 6.45) is 1.89. The Morgan fingerprint density at radius 1 is 1.17 bits per heavy atom. The fourth-order valence-corrected chi connectivity index (χ4v) is 6.55. The molecule has 3 aromatic rings. The van der Waals surface area contributed by atoms with E-state index in [1.165, 1.54) is 6.33 Å². The average molecular weight is 584 g/mol. The number of carbonyl (C=O) groups is 1. The van der Waals surface area contributed by atoms with Gasteiger partial charge in [0, 0.05) is 30.7 Å². The smallest absolute Gasteiger partial charge is 0.259 e. The molecule has 12 nitrogen and oxygen atoms in total. The van der Waals surface area contributed by atoms with Crippen molar-refractivity contribution >= 4 is 31.4 Å². The van der Waals surface area contributed by atoms with Crippen molar-refractivity contribution in [3.05, 3.63) is 60.0 Å². The van der Waals surface area contributed by atoms with Gasteiger partial charge in [0.15, 0.2) is 23.2 Å². The van der Waals surface area contributed by atoms with Crippen molar-refractivity contribution in [2.24, 2.45) is 5.92 Å². The number of benzene rings is 1. The van der Waals surface area contributed by atoms with Crippen LogP contribution in [0.5, 0.6) is 0 Å². The van der Waals surface area contributed by atoms with Gasteiger partial charge in [-0.3, -0.25) is 9.36 Å². The number of ether oxygens (including phenoxy) is 2. The van der Waals surface area contributed by atoms with Gasteiger partial charge in [0.05, 0.1) is 19.0 Å². The second kappa shape index (κ2) is 14.2. The Balaban J connectivity index is 1.52. The minimum Gasteiger partial charge on any atom is -0.376 e. The van der Waals surface area contributed by atoms with Crippen molar-refractivity contribution in [1.29, 1.82) is 0 Å². The third-order valence-corrected chi connectivity index (χ3v) is 8.95.